The number of ether oxygens (including phenoxy) is 5. The predicted octanol–water partition coefficient (Wildman–Crippen LogP) is 4.41. The van der Waals surface area contributed by atoms with Gasteiger partial charge in [-0.1, -0.05) is 63.2 Å². The maximum absolute atomic E-state index is 13.8. The van der Waals surface area contributed by atoms with Crippen molar-refractivity contribution in [3.05, 3.63) is 84.1 Å². The number of nitrogens with one attached hydrogen (secondary N) is 3. The van der Waals surface area contributed by atoms with Crippen LogP contribution < -0.4 is 20.8 Å². The molecule has 3 heterocycles. The second-order valence-electron chi connectivity index (χ2n) is 14.2. The number of halogens is 2. The Balaban J connectivity index is 1.38. The van der Waals surface area contributed by atoms with Gasteiger partial charge in [-0.25, -0.2) is 14.6 Å². The summed E-state index contributed by atoms with van der Waals surface area (Å²) in [5.74, 6) is -0.728. The smallest absolute Gasteiger partial charge is 0.422 e. The fourth-order valence-corrected chi connectivity index (χ4v) is 6.34. The van der Waals surface area contributed by atoms with E-state index in [9.17, 15) is 28.3 Å². The average molecular weight is 756 g/mol. The number of alkyl halides is 2. The van der Waals surface area contributed by atoms with Crippen LogP contribution in [-0.4, -0.2) is 97.3 Å². The number of aromatic nitrogens is 1. The topological polar surface area (TPSA) is 170 Å². The highest BCUT2D eigenvalue weighted by Crippen LogP contribution is 2.33. The number of aliphatic hydroxyl groups excluding tert-OH is 1. The highest BCUT2D eigenvalue weighted by molar-refractivity contribution is 5.86. The normalized spacial score (nSPS) is 19.8. The second-order valence-corrected chi connectivity index (χ2v) is 14.2. The first-order chi connectivity index (χ1) is 25.8. The first-order valence-electron chi connectivity index (χ1n) is 17.6. The van der Waals surface area contributed by atoms with E-state index < -0.39 is 60.7 Å². The maximum atomic E-state index is 13.8. The van der Waals surface area contributed by atoms with Gasteiger partial charge in [-0.3, -0.25) is 15.2 Å². The Bertz CT molecular complexity index is 1680. The Morgan fingerprint density at radius 3 is 2.35 bits per heavy atom. The fraction of sp³-hybridized carbons (Fsp3) is 0.474. The molecular weight excluding hydrogens is 708 g/mol. The van der Waals surface area contributed by atoms with Crippen molar-refractivity contribution < 1.29 is 52.0 Å². The first kappa shape index (κ1) is 40.3. The lowest BCUT2D eigenvalue weighted by molar-refractivity contribution is -0.127. The third kappa shape index (κ3) is 11.3. The van der Waals surface area contributed by atoms with E-state index in [0.29, 0.717) is 18.6 Å². The van der Waals surface area contributed by atoms with Crippen LogP contribution in [0.15, 0.2) is 72.9 Å². The fourth-order valence-electron chi connectivity index (χ4n) is 6.34. The number of carbonyl (C=O) groups excluding carboxylic acids is 3. The van der Waals surface area contributed by atoms with Crippen LogP contribution in [0.25, 0.3) is 11.3 Å². The third-order valence-corrected chi connectivity index (χ3v) is 9.16. The molecule has 5 rings (SSSR count). The summed E-state index contributed by atoms with van der Waals surface area (Å²) in [6, 6.07) is 16.9. The van der Waals surface area contributed by atoms with E-state index in [2.05, 4.69) is 25.8 Å². The molecule has 16 heteroatoms. The summed E-state index contributed by atoms with van der Waals surface area (Å²) in [4.78, 5) is 43.7. The Labute approximate surface area is 312 Å². The molecule has 2 aromatic carbocycles. The van der Waals surface area contributed by atoms with Crippen LogP contribution in [0.1, 0.15) is 38.3 Å². The third-order valence-electron chi connectivity index (χ3n) is 9.16. The van der Waals surface area contributed by atoms with Crippen molar-refractivity contribution in [2.75, 3.05) is 26.9 Å². The number of carbonyl (C=O) groups is 3. The summed E-state index contributed by atoms with van der Waals surface area (Å²) in [5.41, 5.74) is 4.96. The average Bonchev–Trinajstić information content (AvgIpc) is 3.76. The zero-order chi connectivity index (χ0) is 38.8. The van der Waals surface area contributed by atoms with E-state index in [-0.39, 0.29) is 37.8 Å². The van der Waals surface area contributed by atoms with Gasteiger partial charge in [0.05, 0.1) is 44.1 Å². The van der Waals surface area contributed by atoms with Gasteiger partial charge in [0.2, 0.25) is 5.91 Å². The number of aliphatic hydroxyl groups is 1. The molecule has 54 heavy (non-hydrogen) atoms. The Hall–Kier alpha value is -4.90. The van der Waals surface area contributed by atoms with Crippen molar-refractivity contribution in [3.8, 4) is 17.0 Å². The van der Waals surface area contributed by atoms with E-state index in [1.807, 2.05) is 42.5 Å². The number of amides is 3. The molecule has 2 saturated heterocycles. The van der Waals surface area contributed by atoms with E-state index >= 15 is 0 Å². The lowest BCUT2D eigenvalue weighted by atomic mass is 9.85. The van der Waals surface area contributed by atoms with Crippen LogP contribution in [0.3, 0.4) is 0 Å². The molecule has 1 aromatic heterocycles. The van der Waals surface area contributed by atoms with Crippen LogP contribution in [0.4, 0.5) is 18.4 Å². The number of nitrogens with zero attached hydrogens (tertiary/aromatic N) is 2. The molecule has 3 aromatic rings. The number of hydrogen-bond acceptors (Lipinski definition) is 11. The van der Waals surface area contributed by atoms with Gasteiger partial charge in [-0.05, 0) is 53.6 Å². The number of pyridine rings is 1. The Kier molecular flexibility index (Phi) is 13.7. The van der Waals surface area contributed by atoms with E-state index in [1.54, 1.807) is 39.1 Å². The van der Waals surface area contributed by atoms with Crippen molar-refractivity contribution in [2.24, 2.45) is 11.3 Å². The number of alkyl carbamates (subject to hydrolysis) is 1. The molecule has 0 bridgehead atoms. The van der Waals surface area contributed by atoms with Crippen LogP contribution >= 0.6 is 0 Å². The van der Waals surface area contributed by atoms with Crippen LogP contribution in [-0.2, 0) is 36.7 Å². The molecule has 0 spiro atoms. The number of rotatable bonds is 15. The lowest BCUT2D eigenvalue weighted by Crippen LogP contribution is -2.59. The minimum absolute atomic E-state index is 0.00536. The van der Waals surface area contributed by atoms with E-state index in [1.165, 1.54) is 24.3 Å². The molecule has 2 aliphatic rings. The predicted molar refractivity (Wildman–Crippen MR) is 191 cm³/mol. The minimum Gasteiger partial charge on any atom is -0.453 e. The number of hydrogen-bond donors (Lipinski definition) is 4. The van der Waals surface area contributed by atoms with Crippen molar-refractivity contribution in [3.63, 3.8) is 0 Å². The highest BCUT2D eigenvalue weighted by atomic mass is 19.3. The molecule has 4 N–H and O–H groups in total. The molecule has 0 radical (unpaired) electrons. The summed E-state index contributed by atoms with van der Waals surface area (Å²) in [5, 5.41) is 18.8. The van der Waals surface area contributed by atoms with Gasteiger partial charge in [0.25, 0.3) is 0 Å². The van der Waals surface area contributed by atoms with Gasteiger partial charge in [0, 0.05) is 24.8 Å². The summed E-state index contributed by atoms with van der Waals surface area (Å²) < 4.78 is 51.7. The summed E-state index contributed by atoms with van der Waals surface area (Å²) in [7, 11) is 1.19. The number of hydrazine groups is 1. The lowest BCUT2D eigenvalue weighted by Gasteiger charge is -2.34. The quantitative estimate of drug-likeness (QED) is 0.162. The van der Waals surface area contributed by atoms with Crippen molar-refractivity contribution in [1.29, 1.82) is 0 Å². The molecule has 3 amide bonds. The number of fused-ring (bicyclic) bond motifs is 1. The monoisotopic (exact) mass is 755 g/mol. The maximum Gasteiger partial charge on any atom is 0.422 e. The second kappa shape index (κ2) is 18.4. The molecule has 2 aliphatic heterocycles. The molecule has 2 fully saturated rings. The molecule has 6 unspecified atom stereocenters. The molecular formula is C38H47F2N5O9. The van der Waals surface area contributed by atoms with Gasteiger partial charge < -0.3 is 39.4 Å². The van der Waals surface area contributed by atoms with Gasteiger partial charge in [0.1, 0.15) is 17.9 Å². The summed E-state index contributed by atoms with van der Waals surface area (Å²) in [6.07, 6.45) is -1.38. The van der Waals surface area contributed by atoms with Crippen LogP contribution in [0, 0.1) is 11.3 Å². The van der Waals surface area contributed by atoms with Gasteiger partial charge in [-0.2, -0.15) is 8.78 Å². The minimum atomic E-state index is -3.00. The number of benzene rings is 2. The standard InChI is InChI=1S/C38H47F2N5O9/c1-38(2,3)32(43-36(48)50-4)33(47)42-29(19-23-8-12-25(13-9-23)28-7-5-6-17-41-28)30(46)21-45(20-24-10-14-26(15-11-24)53-35(39)40)44-37(49)54-31-22-52-34-27(31)16-18-51-34/h5-15,17,27,29-32,34-35,46H,16,18-22H2,1-4H3,(H,42,47)(H,43,48)(H,44,49). The van der Waals surface area contributed by atoms with E-state index in [4.69, 9.17) is 18.9 Å². The van der Waals surface area contributed by atoms with Crippen molar-refractivity contribution in [1.82, 2.24) is 26.1 Å². The first-order valence-corrected chi connectivity index (χ1v) is 17.6. The zero-order valence-electron chi connectivity index (χ0n) is 30.6. The van der Waals surface area contributed by atoms with Crippen LogP contribution in [0.5, 0.6) is 5.75 Å². The van der Waals surface area contributed by atoms with Crippen molar-refractivity contribution in [2.45, 2.75) is 77.4 Å². The molecule has 6 atom stereocenters. The highest BCUT2D eigenvalue weighted by Gasteiger charge is 2.44. The molecule has 0 saturated carbocycles. The largest absolute Gasteiger partial charge is 0.453 e. The Morgan fingerprint density at radius 2 is 1.70 bits per heavy atom. The molecule has 292 valence electrons. The summed E-state index contributed by atoms with van der Waals surface area (Å²) in [6.45, 7) is 2.77. The van der Waals surface area contributed by atoms with Gasteiger partial charge >= 0.3 is 18.8 Å². The molecule has 0 aliphatic carbocycles. The number of methoxy groups -OCH3 is 1. The Morgan fingerprint density at radius 1 is 0.981 bits per heavy atom. The van der Waals surface area contributed by atoms with Crippen LogP contribution in [0.2, 0.25) is 0 Å². The van der Waals surface area contributed by atoms with E-state index in [0.717, 1.165) is 16.8 Å². The zero-order valence-corrected chi connectivity index (χ0v) is 30.6. The van der Waals surface area contributed by atoms with Crippen molar-refractivity contribution >= 4 is 18.1 Å². The van der Waals surface area contributed by atoms with Gasteiger partial charge in [0.15, 0.2) is 6.29 Å². The molecule has 14 nitrogen and oxygen atoms in total. The SMILES string of the molecule is COC(=O)NC(C(=O)NC(Cc1ccc(-c2ccccn2)cc1)C(O)CN(Cc1ccc(OC(F)F)cc1)NC(=O)OC1COC2OCCC12)C(C)(C)C. The van der Waals surface area contributed by atoms with Gasteiger partial charge in [-0.15, -0.1) is 0 Å². The summed E-state index contributed by atoms with van der Waals surface area (Å²) >= 11 is 0.